The third-order valence-corrected chi connectivity index (χ3v) is 3.81. The minimum Gasteiger partial charge on any atom is -0.357 e. The summed E-state index contributed by atoms with van der Waals surface area (Å²) in [6, 6.07) is 16.1. The molecule has 0 spiro atoms. The van der Waals surface area contributed by atoms with E-state index >= 15 is 0 Å². The van der Waals surface area contributed by atoms with Crippen LogP contribution in [0, 0.1) is 0 Å². The predicted molar refractivity (Wildman–Crippen MR) is 94.3 cm³/mol. The molecule has 3 rings (SSSR count). The number of hydrogen-bond donors (Lipinski definition) is 0. The highest BCUT2D eigenvalue weighted by atomic mass is 15.2. The molecule has 2 heterocycles. The van der Waals surface area contributed by atoms with Crippen molar-refractivity contribution in [3.63, 3.8) is 0 Å². The maximum absolute atomic E-state index is 4.77. The summed E-state index contributed by atoms with van der Waals surface area (Å²) < 4.78 is 0. The molecule has 116 valence electrons. The molecular weight excluding hydrogens is 284 g/mol. The molecule has 0 saturated heterocycles. The van der Waals surface area contributed by atoms with Crippen LogP contribution in [-0.4, -0.2) is 28.0 Å². The lowest BCUT2D eigenvalue weighted by molar-refractivity contribution is 0.843. The minimum absolute atomic E-state index is 0.752. The first-order valence-corrected chi connectivity index (χ1v) is 7.91. The van der Waals surface area contributed by atoms with Gasteiger partial charge in [-0.2, -0.15) is 0 Å². The molecule has 0 N–H and O–H groups in total. The second-order valence-electron chi connectivity index (χ2n) is 5.21. The standard InChI is InChI=1S/C19H20N4/c1-3-23(4-2)18-14-17(15-10-12-20-13-11-15)21-19(22-18)16-8-6-5-7-9-16/h5-14H,3-4H2,1-2H3. The van der Waals surface area contributed by atoms with Crippen LogP contribution in [0.3, 0.4) is 0 Å². The second-order valence-corrected chi connectivity index (χ2v) is 5.21. The predicted octanol–water partition coefficient (Wildman–Crippen LogP) is 4.05. The fourth-order valence-electron chi connectivity index (χ4n) is 2.53. The Kier molecular flexibility index (Phi) is 4.62. The summed E-state index contributed by atoms with van der Waals surface area (Å²) in [6.07, 6.45) is 3.58. The fourth-order valence-corrected chi connectivity index (χ4v) is 2.53. The van der Waals surface area contributed by atoms with E-state index in [1.807, 2.05) is 42.5 Å². The average molecular weight is 304 g/mol. The van der Waals surface area contributed by atoms with E-state index in [0.29, 0.717) is 0 Å². The number of anilines is 1. The van der Waals surface area contributed by atoms with Crippen LogP contribution in [0.5, 0.6) is 0 Å². The Labute approximate surface area is 136 Å². The molecule has 2 aromatic heterocycles. The molecule has 0 aliphatic carbocycles. The highest BCUT2D eigenvalue weighted by Crippen LogP contribution is 2.25. The van der Waals surface area contributed by atoms with Crippen LogP contribution in [0.1, 0.15) is 13.8 Å². The largest absolute Gasteiger partial charge is 0.357 e. The fraction of sp³-hybridized carbons (Fsp3) is 0.211. The van der Waals surface area contributed by atoms with Gasteiger partial charge in [0, 0.05) is 42.7 Å². The van der Waals surface area contributed by atoms with Crippen molar-refractivity contribution in [2.24, 2.45) is 0 Å². The van der Waals surface area contributed by atoms with Crippen LogP contribution < -0.4 is 4.90 Å². The molecule has 0 bridgehead atoms. The summed E-state index contributed by atoms with van der Waals surface area (Å²) in [5.41, 5.74) is 2.99. The minimum atomic E-state index is 0.752. The monoisotopic (exact) mass is 304 g/mol. The first-order chi connectivity index (χ1) is 11.3. The Hall–Kier alpha value is -2.75. The highest BCUT2D eigenvalue weighted by molar-refractivity contribution is 5.67. The third kappa shape index (κ3) is 3.37. The van der Waals surface area contributed by atoms with Crippen molar-refractivity contribution in [2.45, 2.75) is 13.8 Å². The Morgan fingerprint density at radius 2 is 1.52 bits per heavy atom. The first kappa shape index (κ1) is 15.2. The zero-order valence-electron chi connectivity index (χ0n) is 13.5. The third-order valence-electron chi connectivity index (χ3n) is 3.81. The van der Waals surface area contributed by atoms with Gasteiger partial charge in [0.05, 0.1) is 5.69 Å². The van der Waals surface area contributed by atoms with E-state index in [1.165, 1.54) is 0 Å². The Morgan fingerprint density at radius 1 is 0.826 bits per heavy atom. The van der Waals surface area contributed by atoms with Gasteiger partial charge in [-0.3, -0.25) is 4.98 Å². The summed E-state index contributed by atoms with van der Waals surface area (Å²) in [6.45, 7) is 6.11. The first-order valence-electron chi connectivity index (χ1n) is 7.91. The maximum atomic E-state index is 4.77. The van der Waals surface area contributed by atoms with Gasteiger partial charge >= 0.3 is 0 Å². The normalized spacial score (nSPS) is 10.5. The van der Waals surface area contributed by atoms with Gasteiger partial charge < -0.3 is 4.90 Å². The molecule has 4 nitrogen and oxygen atoms in total. The van der Waals surface area contributed by atoms with Gasteiger partial charge in [0.1, 0.15) is 5.82 Å². The molecule has 3 aromatic rings. The quantitative estimate of drug-likeness (QED) is 0.713. The van der Waals surface area contributed by atoms with E-state index in [9.17, 15) is 0 Å². The van der Waals surface area contributed by atoms with E-state index < -0.39 is 0 Å². The van der Waals surface area contributed by atoms with Gasteiger partial charge in [-0.05, 0) is 26.0 Å². The maximum Gasteiger partial charge on any atom is 0.162 e. The van der Waals surface area contributed by atoms with E-state index in [0.717, 1.165) is 41.6 Å². The number of rotatable bonds is 5. The van der Waals surface area contributed by atoms with Crippen molar-refractivity contribution >= 4 is 5.82 Å². The molecule has 4 heteroatoms. The van der Waals surface area contributed by atoms with Gasteiger partial charge in [-0.25, -0.2) is 9.97 Å². The number of aromatic nitrogens is 3. The van der Waals surface area contributed by atoms with Gasteiger partial charge in [-0.15, -0.1) is 0 Å². The molecule has 0 saturated carbocycles. The van der Waals surface area contributed by atoms with Crippen molar-refractivity contribution in [1.29, 1.82) is 0 Å². The molecule has 0 atom stereocenters. The van der Waals surface area contributed by atoms with Gasteiger partial charge in [0.15, 0.2) is 5.82 Å². The molecule has 23 heavy (non-hydrogen) atoms. The molecule has 0 aliphatic rings. The van der Waals surface area contributed by atoms with E-state index in [-0.39, 0.29) is 0 Å². The Bertz CT molecular complexity index is 695. The highest BCUT2D eigenvalue weighted by Gasteiger charge is 2.11. The van der Waals surface area contributed by atoms with Gasteiger partial charge in [-0.1, -0.05) is 30.3 Å². The molecule has 0 radical (unpaired) electrons. The molecule has 0 unspecified atom stereocenters. The van der Waals surface area contributed by atoms with Crippen molar-refractivity contribution in [3.8, 4) is 22.6 Å². The SMILES string of the molecule is CCN(CC)c1cc(-c2ccncc2)nc(-c2ccccc2)n1. The molecular formula is C19H20N4. The van der Waals surface area contributed by atoms with Crippen molar-refractivity contribution in [2.75, 3.05) is 18.0 Å². The molecule has 0 fully saturated rings. The van der Waals surface area contributed by atoms with Crippen molar-refractivity contribution in [1.82, 2.24) is 15.0 Å². The number of nitrogens with zero attached hydrogens (tertiary/aromatic N) is 4. The summed E-state index contributed by atoms with van der Waals surface area (Å²) >= 11 is 0. The van der Waals surface area contributed by atoms with Crippen LogP contribution in [-0.2, 0) is 0 Å². The van der Waals surface area contributed by atoms with Crippen LogP contribution in [0.2, 0.25) is 0 Å². The number of pyridine rings is 1. The summed E-state index contributed by atoms with van der Waals surface area (Å²) in [5, 5.41) is 0. The topological polar surface area (TPSA) is 41.9 Å². The van der Waals surface area contributed by atoms with Crippen molar-refractivity contribution < 1.29 is 0 Å². The lowest BCUT2D eigenvalue weighted by Gasteiger charge is -2.21. The van der Waals surface area contributed by atoms with E-state index in [1.54, 1.807) is 12.4 Å². The van der Waals surface area contributed by atoms with Gasteiger partial charge in [0.25, 0.3) is 0 Å². The van der Waals surface area contributed by atoms with Crippen LogP contribution in [0.25, 0.3) is 22.6 Å². The lowest BCUT2D eigenvalue weighted by atomic mass is 10.1. The lowest BCUT2D eigenvalue weighted by Crippen LogP contribution is -2.23. The van der Waals surface area contributed by atoms with Crippen LogP contribution in [0.4, 0.5) is 5.82 Å². The van der Waals surface area contributed by atoms with Crippen LogP contribution in [0.15, 0.2) is 60.9 Å². The molecule has 1 aromatic carbocycles. The Balaban J connectivity index is 2.15. The van der Waals surface area contributed by atoms with Crippen LogP contribution >= 0.6 is 0 Å². The molecule has 0 amide bonds. The average Bonchev–Trinajstić information content (AvgIpc) is 2.64. The summed E-state index contributed by atoms with van der Waals surface area (Å²) in [4.78, 5) is 15.9. The summed E-state index contributed by atoms with van der Waals surface area (Å²) in [7, 11) is 0. The molecule has 0 aliphatic heterocycles. The second kappa shape index (κ2) is 7.01. The smallest absolute Gasteiger partial charge is 0.162 e. The number of benzene rings is 1. The number of hydrogen-bond acceptors (Lipinski definition) is 4. The Morgan fingerprint density at radius 3 is 2.17 bits per heavy atom. The summed E-state index contributed by atoms with van der Waals surface area (Å²) in [5.74, 6) is 1.71. The van der Waals surface area contributed by atoms with Gasteiger partial charge in [0.2, 0.25) is 0 Å². The zero-order chi connectivity index (χ0) is 16.1. The van der Waals surface area contributed by atoms with E-state index in [4.69, 9.17) is 9.97 Å². The van der Waals surface area contributed by atoms with E-state index in [2.05, 4.69) is 29.8 Å². The zero-order valence-corrected chi connectivity index (χ0v) is 13.5. The van der Waals surface area contributed by atoms with Crippen molar-refractivity contribution in [3.05, 3.63) is 60.9 Å².